The van der Waals surface area contributed by atoms with Gasteiger partial charge in [0.1, 0.15) is 18.8 Å². The minimum Gasteiger partial charge on any atom is -0.465 e. The molecule has 5 rings (SSSR count). The van der Waals surface area contributed by atoms with E-state index in [2.05, 4.69) is 20.6 Å². The molecule has 2 aromatic carbocycles. The molecule has 0 saturated carbocycles. The average Bonchev–Trinajstić information content (AvgIpc) is 3.33. The number of azo groups is 1. The first kappa shape index (κ1) is 19.2. The van der Waals surface area contributed by atoms with Crippen LogP contribution in [-0.4, -0.2) is 34.6 Å². The molecule has 0 unspecified atom stereocenters. The van der Waals surface area contributed by atoms with Gasteiger partial charge in [-0.25, -0.2) is 4.98 Å². The minimum absolute atomic E-state index is 0.0529. The molecule has 3 heterocycles. The van der Waals surface area contributed by atoms with Crippen LogP contribution in [0.4, 0.5) is 16.6 Å². The van der Waals surface area contributed by atoms with Crippen LogP contribution in [0.25, 0.3) is 21.1 Å². The van der Waals surface area contributed by atoms with E-state index in [9.17, 15) is 9.59 Å². The molecule has 0 saturated heterocycles. The molecule has 10 heteroatoms. The van der Waals surface area contributed by atoms with Gasteiger partial charge in [-0.3, -0.25) is 20.0 Å². The number of benzene rings is 2. The Bertz CT molecular complexity index is 1310. The van der Waals surface area contributed by atoms with Crippen LogP contribution in [0.15, 0.2) is 58.8 Å². The highest BCUT2D eigenvalue weighted by Gasteiger charge is 2.25. The number of hydrogen-bond acceptors (Lipinski definition) is 8. The van der Waals surface area contributed by atoms with Crippen molar-refractivity contribution in [2.75, 3.05) is 23.6 Å². The summed E-state index contributed by atoms with van der Waals surface area (Å²) in [6, 6.07) is 15.4. The van der Waals surface area contributed by atoms with Crippen molar-refractivity contribution in [3.63, 3.8) is 0 Å². The van der Waals surface area contributed by atoms with Crippen LogP contribution in [0, 0.1) is 0 Å². The summed E-state index contributed by atoms with van der Waals surface area (Å²) in [7, 11) is 0. The number of carbonyl (C=O) groups excluding carboxylic acids is 2. The lowest BCUT2D eigenvalue weighted by atomic mass is 10.2. The lowest BCUT2D eigenvalue weighted by Crippen LogP contribution is -2.36. The lowest BCUT2D eigenvalue weighted by molar-refractivity contribution is -0.141. The molecule has 1 aliphatic rings. The van der Waals surface area contributed by atoms with E-state index in [0.29, 0.717) is 16.6 Å². The van der Waals surface area contributed by atoms with E-state index >= 15 is 0 Å². The fourth-order valence-corrected chi connectivity index (χ4v) is 4.46. The summed E-state index contributed by atoms with van der Waals surface area (Å²) in [5.41, 5.74) is 5.65. The Kier molecular flexibility index (Phi) is 4.83. The van der Waals surface area contributed by atoms with Gasteiger partial charge in [-0.15, -0.1) is 10.2 Å². The monoisotopic (exact) mass is 434 g/mol. The van der Waals surface area contributed by atoms with Crippen LogP contribution in [0.2, 0.25) is 0 Å². The zero-order valence-electron chi connectivity index (χ0n) is 16.6. The Morgan fingerprint density at radius 2 is 2.00 bits per heavy atom. The molecule has 0 spiro atoms. The zero-order valence-corrected chi connectivity index (χ0v) is 17.4. The maximum absolute atomic E-state index is 12.3. The maximum atomic E-state index is 12.3. The third kappa shape index (κ3) is 3.50. The molecule has 4 aromatic rings. The number of rotatable bonds is 6. The molecule has 0 bridgehead atoms. The van der Waals surface area contributed by atoms with Crippen LogP contribution in [-0.2, 0) is 20.9 Å². The SMILES string of the molecule is CCOC(=O)CN(Nc1c2n(c3ccccc13)CC(=O)N=N2)c1nc2ccccc2s1. The Balaban J connectivity index is 1.60. The Hall–Kier alpha value is -3.79. The second-order valence-electron chi connectivity index (χ2n) is 6.86. The van der Waals surface area contributed by atoms with Crippen LogP contribution in [0.3, 0.4) is 0 Å². The van der Waals surface area contributed by atoms with Gasteiger partial charge in [-0.2, -0.15) is 0 Å². The smallest absolute Gasteiger partial charge is 0.327 e. The zero-order chi connectivity index (χ0) is 21.4. The summed E-state index contributed by atoms with van der Waals surface area (Å²) in [5.74, 6) is -0.173. The highest BCUT2D eigenvalue weighted by Crippen LogP contribution is 2.40. The summed E-state index contributed by atoms with van der Waals surface area (Å²) >= 11 is 1.46. The molecule has 0 aliphatic carbocycles. The second kappa shape index (κ2) is 7.80. The molecular formula is C21H18N6O3S. The van der Waals surface area contributed by atoms with Crippen molar-refractivity contribution >= 4 is 61.0 Å². The molecule has 0 fully saturated rings. The number of nitrogens with zero attached hydrogens (tertiary/aromatic N) is 5. The number of aromatic nitrogens is 2. The van der Waals surface area contributed by atoms with E-state index in [4.69, 9.17) is 4.74 Å². The molecule has 9 nitrogen and oxygen atoms in total. The Labute approximate surface area is 180 Å². The van der Waals surface area contributed by atoms with Gasteiger partial charge in [0.2, 0.25) is 5.13 Å². The van der Waals surface area contributed by atoms with Crippen molar-refractivity contribution in [3.8, 4) is 0 Å². The summed E-state index contributed by atoms with van der Waals surface area (Å²) in [6.07, 6.45) is 0. The van der Waals surface area contributed by atoms with E-state index in [1.54, 1.807) is 11.9 Å². The van der Waals surface area contributed by atoms with Crippen LogP contribution >= 0.6 is 11.3 Å². The standard InChI is InChI=1S/C21H18N6O3S/c1-2-30-18(29)12-27(21-22-14-8-4-6-10-16(14)31-21)25-19-13-7-3-5-9-15(13)26-11-17(28)23-24-20(19)26/h3-10,25H,2,11-12H2,1H3. The Morgan fingerprint density at radius 1 is 1.19 bits per heavy atom. The van der Waals surface area contributed by atoms with Gasteiger partial charge < -0.3 is 9.30 Å². The van der Waals surface area contributed by atoms with Gasteiger partial charge in [0.25, 0.3) is 5.91 Å². The largest absolute Gasteiger partial charge is 0.465 e. The quantitative estimate of drug-likeness (QED) is 0.359. The van der Waals surface area contributed by atoms with Gasteiger partial charge in [0, 0.05) is 5.39 Å². The molecule has 156 valence electrons. The summed E-state index contributed by atoms with van der Waals surface area (Å²) in [6.45, 7) is 2.11. The minimum atomic E-state index is -0.386. The predicted molar refractivity (Wildman–Crippen MR) is 119 cm³/mol. The van der Waals surface area contributed by atoms with E-state index < -0.39 is 0 Å². The summed E-state index contributed by atoms with van der Waals surface area (Å²) < 4.78 is 7.98. The van der Waals surface area contributed by atoms with Crippen LogP contribution < -0.4 is 10.4 Å². The van der Waals surface area contributed by atoms with Gasteiger partial charge in [-0.1, -0.05) is 41.7 Å². The van der Waals surface area contributed by atoms with Crippen molar-refractivity contribution in [3.05, 3.63) is 48.5 Å². The van der Waals surface area contributed by atoms with Crippen LogP contribution in [0.5, 0.6) is 0 Å². The van der Waals surface area contributed by atoms with Gasteiger partial charge in [0.15, 0.2) is 5.82 Å². The van der Waals surface area contributed by atoms with E-state index in [1.165, 1.54) is 11.3 Å². The highest BCUT2D eigenvalue weighted by atomic mass is 32.1. The molecule has 0 atom stereocenters. The lowest BCUT2D eigenvalue weighted by Gasteiger charge is -2.23. The first-order valence-electron chi connectivity index (χ1n) is 9.75. The number of anilines is 2. The number of thiazole rings is 1. The fourth-order valence-electron chi connectivity index (χ4n) is 3.54. The van der Waals surface area contributed by atoms with E-state index in [1.807, 2.05) is 53.1 Å². The predicted octanol–water partition coefficient (Wildman–Crippen LogP) is 4.27. The highest BCUT2D eigenvalue weighted by molar-refractivity contribution is 7.22. The Morgan fingerprint density at radius 3 is 2.84 bits per heavy atom. The van der Waals surface area contributed by atoms with Crippen molar-refractivity contribution in [1.29, 1.82) is 0 Å². The van der Waals surface area contributed by atoms with Crippen LogP contribution in [0.1, 0.15) is 6.92 Å². The number of fused-ring (bicyclic) bond motifs is 4. The van der Waals surface area contributed by atoms with Crippen molar-refractivity contribution in [2.24, 2.45) is 10.2 Å². The van der Waals surface area contributed by atoms with E-state index in [0.717, 1.165) is 21.1 Å². The molecule has 1 aliphatic heterocycles. The molecule has 0 radical (unpaired) electrons. The molecular weight excluding hydrogens is 416 g/mol. The number of hydrogen-bond donors (Lipinski definition) is 1. The second-order valence-corrected chi connectivity index (χ2v) is 7.87. The molecule has 2 aromatic heterocycles. The summed E-state index contributed by atoms with van der Waals surface area (Å²) in [4.78, 5) is 28.9. The normalized spacial score (nSPS) is 12.9. The van der Waals surface area contributed by atoms with Crippen molar-refractivity contribution in [2.45, 2.75) is 13.5 Å². The van der Waals surface area contributed by atoms with Gasteiger partial charge in [0.05, 0.1) is 22.3 Å². The van der Waals surface area contributed by atoms with Gasteiger partial charge >= 0.3 is 5.97 Å². The van der Waals surface area contributed by atoms with E-state index in [-0.39, 0.29) is 31.6 Å². The number of carbonyl (C=O) groups is 2. The summed E-state index contributed by atoms with van der Waals surface area (Å²) in [5, 5.41) is 11.0. The van der Waals surface area contributed by atoms with Gasteiger partial charge in [-0.05, 0) is 25.1 Å². The third-order valence-electron chi connectivity index (χ3n) is 4.85. The van der Waals surface area contributed by atoms with Crippen molar-refractivity contribution in [1.82, 2.24) is 9.55 Å². The molecule has 1 amide bonds. The number of hydrazine groups is 1. The number of ether oxygens (including phenoxy) is 1. The fraction of sp³-hybridized carbons (Fsp3) is 0.190. The molecule has 31 heavy (non-hydrogen) atoms. The number of esters is 1. The van der Waals surface area contributed by atoms with Crippen molar-refractivity contribution < 1.29 is 14.3 Å². The molecule has 1 N–H and O–H groups in total. The number of para-hydroxylation sites is 2. The first-order valence-corrected chi connectivity index (χ1v) is 10.6. The average molecular weight is 434 g/mol. The number of amides is 1. The number of nitrogens with one attached hydrogen (secondary N) is 1. The first-order chi connectivity index (χ1) is 15.1. The topological polar surface area (TPSA) is 101 Å². The third-order valence-corrected chi connectivity index (χ3v) is 5.91. The maximum Gasteiger partial charge on any atom is 0.327 e.